The second-order valence-corrected chi connectivity index (χ2v) is 11.2. The number of ether oxygens (including phenoxy) is 2. The average molecular weight is 436 g/mol. The second-order valence-electron chi connectivity index (χ2n) is 9.53. The summed E-state index contributed by atoms with van der Waals surface area (Å²) in [4.78, 5) is 14.7. The number of carbonyl (C=O) groups excluding carboxylic acids is 1. The van der Waals surface area contributed by atoms with Crippen molar-refractivity contribution in [1.29, 1.82) is 0 Å². The maximum Gasteiger partial charge on any atom is 0.307 e. The summed E-state index contributed by atoms with van der Waals surface area (Å²) in [6.45, 7) is 10.5. The third-order valence-corrected chi connectivity index (χ3v) is 7.96. The van der Waals surface area contributed by atoms with Crippen molar-refractivity contribution in [2.45, 2.75) is 75.4 Å². The topological polar surface area (TPSA) is 55.8 Å². The fourth-order valence-electron chi connectivity index (χ4n) is 4.17. The maximum atomic E-state index is 13.1. The second kappa shape index (κ2) is 10.9. The summed E-state index contributed by atoms with van der Waals surface area (Å²) >= 11 is 0. The van der Waals surface area contributed by atoms with Crippen molar-refractivity contribution in [3.8, 4) is 0 Å². The van der Waals surface area contributed by atoms with Gasteiger partial charge in [0, 0.05) is 36.2 Å². The summed E-state index contributed by atoms with van der Waals surface area (Å²) < 4.78 is 24.3. The summed E-state index contributed by atoms with van der Waals surface area (Å²) in [5, 5.41) is -0.0617. The van der Waals surface area contributed by atoms with Crippen LogP contribution in [0.3, 0.4) is 0 Å². The predicted molar refractivity (Wildman–Crippen MR) is 121 cm³/mol. The summed E-state index contributed by atoms with van der Waals surface area (Å²) in [7, 11) is -1.04. The van der Waals surface area contributed by atoms with Crippen molar-refractivity contribution >= 4 is 16.8 Å². The maximum absolute atomic E-state index is 13.1. The van der Waals surface area contributed by atoms with E-state index in [1.54, 1.807) is 0 Å². The lowest BCUT2D eigenvalue weighted by molar-refractivity contribution is -0.150. The highest BCUT2D eigenvalue weighted by atomic mass is 32.2. The van der Waals surface area contributed by atoms with Gasteiger partial charge >= 0.3 is 5.97 Å². The van der Waals surface area contributed by atoms with E-state index in [1.165, 1.54) is 5.56 Å². The highest BCUT2D eigenvalue weighted by Crippen LogP contribution is 2.28. The van der Waals surface area contributed by atoms with Crippen molar-refractivity contribution in [3.05, 3.63) is 35.4 Å². The van der Waals surface area contributed by atoms with Crippen LogP contribution in [0, 0.1) is 0 Å². The van der Waals surface area contributed by atoms with Gasteiger partial charge in [-0.15, -0.1) is 0 Å². The predicted octanol–water partition coefficient (Wildman–Crippen LogP) is 3.81. The SMILES string of the molecule is CC(C)(C)c1ccc(C[S@@](=O)[C@H]2CCCC[C@@H]2OC(=O)CCN2CCOCC2)cc1. The Morgan fingerprint density at radius 1 is 1.13 bits per heavy atom. The van der Waals surface area contributed by atoms with Gasteiger partial charge < -0.3 is 9.47 Å². The Bertz CT molecular complexity index is 707. The number of hydrogen-bond acceptors (Lipinski definition) is 5. The first-order valence-corrected chi connectivity index (χ1v) is 12.7. The normalized spacial score (nSPS) is 24.4. The summed E-state index contributed by atoms with van der Waals surface area (Å²) in [6, 6.07) is 8.45. The zero-order chi connectivity index (χ0) is 21.6. The van der Waals surface area contributed by atoms with Gasteiger partial charge in [-0.1, -0.05) is 51.5 Å². The molecule has 1 heterocycles. The molecule has 2 aliphatic rings. The molecule has 1 saturated heterocycles. The number of nitrogens with zero attached hydrogens (tertiary/aromatic N) is 1. The van der Waals surface area contributed by atoms with Crippen LogP contribution in [0.4, 0.5) is 0 Å². The number of benzene rings is 1. The first kappa shape index (κ1) is 23.4. The molecule has 0 radical (unpaired) electrons. The summed E-state index contributed by atoms with van der Waals surface area (Å²) in [5.41, 5.74) is 2.48. The van der Waals surface area contributed by atoms with E-state index < -0.39 is 10.8 Å². The van der Waals surface area contributed by atoms with Gasteiger partial charge in [0.05, 0.1) is 24.9 Å². The minimum absolute atomic E-state index is 0.0617. The van der Waals surface area contributed by atoms with E-state index in [4.69, 9.17) is 9.47 Å². The number of hydrogen-bond donors (Lipinski definition) is 0. The molecule has 30 heavy (non-hydrogen) atoms. The summed E-state index contributed by atoms with van der Waals surface area (Å²) in [6.07, 6.45) is 3.96. The van der Waals surface area contributed by atoms with Crippen LogP contribution in [0.15, 0.2) is 24.3 Å². The molecule has 0 spiro atoms. The Kier molecular flexibility index (Phi) is 8.49. The number of morpholine rings is 1. The molecule has 1 aliphatic carbocycles. The van der Waals surface area contributed by atoms with E-state index in [-0.39, 0.29) is 22.7 Å². The van der Waals surface area contributed by atoms with Gasteiger partial charge in [0.25, 0.3) is 0 Å². The smallest absolute Gasteiger partial charge is 0.307 e. The Hall–Kier alpha value is -1.24. The molecule has 0 amide bonds. The molecule has 3 atom stereocenters. The van der Waals surface area contributed by atoms with Crippen LogP contribution >= 0.6 is 0 Å². The molecule has 0 aromatic heterocycles. The molecule has 5 nitrogen and oxygen atoms in total. The zero-order valence-corrected chi connectivity index (χ0v) is 19.5. The lowest BCUT2D eigenvalue weighted by Crippen LogP contribution is -2.40. The van der Waals surface area contributed by atoms with Gasteiger partial charge in [0.2, 0.25) is 0 Å². The third kappa shape index (κ3) is 6.89. The van der Waals surface area contributed by atoms with E-state index in [0.29, 0.717) is 18.7 Å². The van der Waals surface area contributed by atoms with Crippen molar-refractivity contribution in [3.63, 3.8) is 0 Å². The Morgan fingerprint density at radius 2 is 1.80 bits per heavy atom. The molecule has 0 N–H and O–H groups in total. The molecule has 0 unspecified atom stereocenters. The standard InChI is InChI=1S/C24H37NO4S/c1-24(2,3)20-10-8-19(9-11-20)18-30(27)22-7-5-4-6-21(22)29-23(26)12-13-25-14-16-28-17-15-25/h8-11,21-22H,4-7,12-18H2,1-3H3/t21-,22-,30+/m0/s1. The van der Waals surface area contributed by atoms with Crippen LogP contribution in [0.1, 0.15) is 64.0 Å². The molecule has 0 bridgehead atoms. The highest BCUT2D eigenvalue weighted by molar-refractivity contribution is 7.84. The van der Waals surface area contributed by atoms with E-state index in [0.717, 1.165) is 57.6 Å². The molecule has 168 valence electrons. The van der Waals surface area contributed by atoms with Crippen molar-refractivity contribution in [2.75, 3.05) is 32.8 Å². The minimum Gasteiger partial charge on any atom is -0.461 e. The van der Waals surface area contributed by atoms with Crippen molar-refractivity contribution in [2.24, 2.45) is 0 Å². The van der Waals surface area contributed by atoms with Gasteiger partial charge in [-0.25, -0.2) is 0 Å². The van der Waals surface area contributed by atoms with Gasteiger partial charge in [0.15, 0.2) is 0 Å². The molecule has 2 fully saturated rings. The molecule has 6 heteroatoms. The Morgan fingerprint density at radius 3 is 2.47 bits per heavy atom. The molecule has 1 aromatic carbocycles. The van der Waals surface area contributed by atoms with Gasteiger partial charge in [0.1, 0.15) is 6.10 Å². The van der Waals surface area contributed by atoms with E-state index in [2.05, 4.69) is 49.9 Å². The number of carbonyl (C=O) groups is 1. The van der Waals surface area contributed by atoms with Gasteiger partial charge in [-0.2, -0.15) is 0 Å². The van der Waals surface area contributed by atoms with Crippen molar-refractivity contribution in [1.82, 2.24) is 4.90 Å². The monoisotopic (exact) mass is 435 g/mol. The van der Waals surface area contributed by atoms with Crippen LogP contribution in [-0.2, 0) is 36.2 Å². The molecule has 1 aromatic rings. The number of rotatable bonds is 7. The van der Waals surface area contributed by atoms with Crippen LogP contribution in [0.2, 0.25) is 0 Å². The Balaban J connectivity index is 1.52. The largest absolute Gasteiger partial charge is 0.461 e. The van der Waals surface area contributed by atoms with Gasteiger partial charge in [-0.3, -0.25) is 13.9 Å². The van der Waals surface area contributed by atoms with Crippen LogP contribution in [0.25, 0.3) is 0 Å². The first-order valence-electron chi connectivity index (χ1n) is 11.3. The lowest BCUT2D eigenvalue weighted by atomic mass is 9.87. The molecule has 3 rings (SSSR count). The summed E-state index contributed by atoms with van der Waals surface area (Å²) in [5.74, 6) is 0.363. The van der Waals surface area contributed by atoms with Crippen LogP contribution in [0.5, 0.6) is 0 Å². The third-order valence-electron chi connectivity index (χ3n) is 6.13. The zero-order valence-electron chi connectivity index (χ0n) is 18.7. The quantitative estimate of drug-likeness (QED) is 0.610. The lowest BCUT2D eigenvalue weighted by Gasteiger charge is -2.31. The number of esters is 1. The van der Waals surface area contributed by atoms with E-state index >= 15 is 0 Å². The fourth-order valence-corrected chi connectivity index (χ4v) is 5.87. The average Bonchev–Trinajstić information content (AvgIpc) is 2.73. The highest BCUT2D eigenvalue weighted by Gasteiger charge is 2.33. The molecular formula is C24H37NO4S. The fraction of sp³-hybridized carbons (Fsp3) is 0.708. The van der Waals surface area contributed by atoms with Crippen LogP contribution < -0.4 is 0 Å². The first-order chi connectivity index (χ1) is 14.3. The molecule has 1 saturated carbocycles. The Labute approximate surface area is 184 Å². The van der Waals surface area contributed by atoms with Crippen LogP contribution in [-0.4, -0.2) is 59.3 Å². The molecule has 1 aliphatic heterocycles. The van der Waals surface area contributed by atoms with E-state index in [9.17, 15) is 9.00 Å². The minimum atomic E-state index is -1.04. The van der Waals surface area contributed by atoms with E-state index in [1.807, 2.05) is 0 Å². The molecular weight excluding hydrogens is 398 g/mol. The van der Waals surface area contributed by atoms with Crippen molar-refractivity contribution < 1.29 is 18.5 Å². The van der Waals surface area contributed by atoms with Gasteiger partial charge in [-0.05, 0) is 35.8 Å².